The number of fused-ring (bicyclic) bond motifs is 1. The number of aromatic nitrogens is 2. The average molecular weight is 432 g/mol. The molecule has 1 unspecified atom stereocenters. The average Bonchev–Trinajstić information content (AvgIpc) is 3.44. The summed E-state index contributed by atoms with van der Waals surface area (Å²) in [6.45, 7) is 4.27. The van der Waals surface area contributed by atoms with Gasteiger partial charge in [-0.25, -0.2) is 4.98 Å². The lowest BCUT2D eigenvalue weighted by Gasteiger charge is -2.25. The maximum absolute atomic E-state index is 12.6. The molecule has 1 aromatic carbocycles. The number of rotatable bonds is 8. The number of imidazole rings is 1. The summed E-state index contributed by atoms with van der Waals surface area (Å²) >= 11 is 7.63. The lowest BCUT2D eigenvalue weighted by molar-refractivity contribution is -0.132. The van der Waals surface area contributed by atoms with Crippen LogP contribution in [-0.4, -0.2) is 46.0 Å². The lowest BCUT2D eigenvalue weighted by atomic mass is 10.2. The van der Waals surface area contributed by atoms with Gasteiger partial charge in [0.05, 0.1) is 11.8 Å². The second kappa shape index (κ2) is 9.28. The van der Waals surface area contributed by atoms with Gasteiger partial charge in [0, 0.05) is 60.4 Å². The molecular weight excluding hydrogens is 406 g/mol. The van der Waals surface area contributed by atoms with Crippen molar-refractivity contribution in [1.82, 2.24) is 14.3 Å². The van der Waals surface area contributed by atoms with Crippen LogP contribution in [0.3, 0.4) is 0 Å². The maximum Gasteiger partial charge on any atom is 0.222 e. The van der Waals surface area contributed by atoms with Crippen LogP contribution in [0.5, 0.6) is 0 Å². The zero-order valence-electron chi connectivity index (χ0n) is 16.6. The summed E-state index contributed by atoms with van der Waals surface area (Å²) in [6.07, 6.45) is 6.66. The fraction of sp³-hybridized carbons (Fsp3) is 0.455. The Bertz CT molecular complexity index is 960. The Labute approximate surface area is 180 Å². The van der Waals surface area contributed by atoms with E-state index in [1.165, 1.54) is 5.69 Å². The first-order valence-electron chi connectivity index (χ1n) is 10.2. The highest BCUT2D eigenvalue weighted by Crippen LogP contribution is 2.25. The number of hydrogen-bond acceptors (Lipinski definition) is 4. The number of nitrogens with zero attached hydrogens (tertiary/aromatic N) is 3. The van der Waals surface area contributed by atoms with Crippen molar-refractivity contribution in [2.45, 2.75) is 45.1 Å². The Morgan fingerprint density at radius 1 is 1.38 bits per heavy atom. The van der Waals surface area contributed by atoms with Crippen molar-refractivity contribution < 1.29 is 9.53 Å². The van der Waals surface area contributed by atoms with E-state index in [0.29, 0.717) is 19.5 Å². The van der Waals surface area contributed by atoms with Crippen molar-refractivity contribution in [2.24, 2.45) is 0 Å². The molecular formula is C22H26ClN3O2S. The van der Waals surface area contributed by atoms with E-state index in [4.69, 9.17) is 21.3 Å². The third-order valence-electron chi connectivity index (χ3n) is 5.33. The van der Waals surface area contributed by atoms with Gasteiger partial charge in [-0.05, 0) is 31.4 Å². The highest BCUT2D eigenvalue weighted by molar-refractivity contribution is 7.15. The Morgan fingerprint density at radius 3 is 2.93 bits per heavy atom. The van der Waals surface area contributed by atoms with Gasteiger partial charge in [0.15, 0.2) is 4.96 Å². The molecule has 0 saturated carbocycles. The van der Waals surface area contributed by atoms with Crippen molar-refractivity contribution in [3.63, 3.8) is 0 Å². The minimum Gasteiger partial charge on any atom is -0.376 e. The molecule has 0 bridgehead atoms. The molecule has 1 amide bonds. The number of halogens is 1. The van der Waals surface area contributed by atoms with Crippen molar-refractivity contribution >= 4 is 33.8 Å². The van der Waals surface area contributed by atoms with Gasteiger partial charge in [-0.3, -0.25) is 9.20 Å². The van der Waals surface area contributed by atoms with Gasteiger partial charge in [0.1, 0.15) is 0 Å². The van der Waals surface area contributed by atoms with Crippen LogP contribution in [0.2, 0.25) is 5.02 Å². The number of benzene rings is 1. The van der Waals surface area contributed by atoms with Crippen LogP contribution in [0.15, 0.2) is 35.8 Å². The highest BCUT2D eigenvalue weighted by Gasteiger charge is 2.22. The molecule has 2 aromatic heterocycles. The zero-order valence-corrected chi connectivity index (χ0v) is 18.2. The molecule has 1 atom stereocenters. The molecule has 4 rings (SSSR count). The molecule has 7 heteroatoms. The topological polar surface area (TPSA) is 46.8 Å². The van der Waals surface area contributed by atoms with Crippen LogP contribution in [0, 0.1) is 0 Å². The van der Waals surface area contributed by atoms with E-state index in [-0.39, 0.29) is 12.0 Å². The van der Waals surface area contributed by atoms with Crippen molar-refractivity contribution in [3.05, 3.63) is 46.6 Å². The van der Waals surface area contributed by atoms with Crippen molar-refractivity contribution in [3.8, 4) is 11.3 Å². The number of ether oxygens (including phenoxy) is 1. The summed E-state index contributed by atoms with van der Waals surface area (Å²) in [5, 5.41) is 2.86. The second-order valence-electron chi connectivity index (χ2n) is 7.49. The quantitative estimate of drug-likeness (QED) is 0.500. The SMILES string of the molecule is CCCC(=O)N(CCc1csc2nc(-c3ccc(Cl)cc3)cn12)CC1CCCO1. The number of amides is 1. The summed E-state index contributed by atoms with van der Waals surface area (Å²) in [4.78, 5) is 20.3. The first kappa shape index (κ1) is 20.4. The molecule has 1 saturated heterocycles. The number of thiazole rings is 1. The molecule has 1 fully saturated rings. The molecule has 0 spiro atoms. The highest BCUT2D eigenvalue weighted by atomic mass is 35.5. The van der Waals surface area contributed by atoms with Gasteiger partial charge in [-0.15, -0.1) is 11.3 Å². The predicted molar refractivity (Wildman–Crippen MR) is 118 cm³/mol. The van der Waals surface area contributed by atoms with Crippen LogP contribution in [-0.2, 0) is 16.0 Å². The third-order valence-corrected chi connectivity index (χ3v) is 6.47. The van der Waals surface area contributed by atoms with E-state index < -0.39 is 0 Å². The standard InChI is InChI=1S/C22H26ClN3O2S/c1-2-4-21(27)25(13-19-5-3-12-28-19)11-10-18-15-29-22-24-20(14-26(18)22)16-6-8-17(23)9-7-16/h6-9,14-15,19H,2-5,10-13H2,1H3. The van der Waals surface area contributed by atoms with Crippen LogP contribution in [0.1, 0.15) is 38.3 Å². The molecule has 29 heavy (non-hydrogen) atoms. The number of carbonyl (C=O) groups excluding carboxylic acids is 1. The molecule has 1 aliphatic rings. The van der Waals surface area contributed by atoms with Gasteiger partial charge in [-0.1, -0.05) is 30.7 Å². The van der Waals surface area contributed by atoms with E-state index >= 15 is 0 Å². The molecule has 0 N–H and O–H groups in total. The van der Waals surface area contributed by atoms with Gasteiger partial charge >= 0.3 is 0 Å². The minimum absolute atomic E-state index is 0.183. The van der Waals surface area contributed by atoms with Crippen LogP contribution < -0.4 is 0 Å². The molecule has 5 nitrogen and oxygen atoms in total. The normalized spacial score (nSPS) is 16.6. The smallest absolute Gasteiger partial charge is 0.222 e. The first-order chi connectivity index (χ1) is 14.1. The Morgan fingerprint density at radius 2 is 2.21 bits per heavy atom. The van der Waals surface area contributed by atoms with Crippen molar-refractivity contribution in [1.29, 1.82) is 0 Å². The Balaban J connectivity index is 1.48. The molecule has 154 valence electrons. The van der Waals surface area contributed by atoms with Crippen LogP contribution in [0.4, 0.5) is 0 Å². The Hall–Kier alpha value is -1.89. The summed E-state index contributed by atoms with van der Waals surface area (Å²) in [5.41, 5.74) is 3.17. The van der Waals surface area contributed by atoms with E-state index in [2.05, 4.69) is 16.0 Å². The Kier molecular flexibility index (Phi) is 6.53. The number of carbonyl (C=O) groups is 1. The van der Waals surface area contributed by atoms with E-state index in [0.717, 1.165) is 53.5 Å². The molecule has 0 aliphatic carbocycles. The van der Waals surface area contributed by atoms with E-state index in [9.17, 15) is 4.79 Å². The van der Waals surface area contributed by atoms with Gasteiger partial charge < -0.3 is 9.64 Å². The summed E-state index contributed by atoms with van der Waals surface area (Å²) in [5.74, 6) is 0.224. The molecule has 3 heterocycles. The molecule has 1 aliphatic heterocycles. The largest absolute Gasteiger partial charge is 0.376 e. The summed E-state index contributed by atoms with van der Waals surface area (Å²) in [7, 11) is 0. The van der Waals surface area contributed by atoms with Gasteiger partial charge in [0.25, 0.3) is 0 Å². The van der Waals surface area contributed by atoms with E-state index in [1.54, 1.807) is 11.3 Å². The predicted octanol–water partition coefficient (Wildman–Crippen LogP) is 5.07. The third kappa shape index (κ3) is 4.82. The van der Waals surface area contributed by atoms with Crippen molar-refractivity contribution in [2.75, 3.05) is 19.7 Å². The first-order valence-corrected chi connectivity index (χ1v) is 11.5. The molecule has 3 aromatic rings. The second-order valence-corrected chi connectivity index (χ2v) is 8.76. The molecule has 0 radical (unpaired) electrons. The van der Waals surface area contributed by atoms with Crippen LogP contribution >= 0.6 is 22.9 Å². The summed E-state index contributed by atoms with van der Waals surface area (Å²) < 4.78 is 7.91. The van der Waals surface area contributed by atoms with E-state index in [1.807, 2.05) is 36.1 Å². The fourth-order valence-electron chi connectivity index (χ4n) is 3.74. The zero-order chi connectivity index (χ0) is 20.2. The minimum atomic E-state index is 0.183. The van der Waals surface area contributed by atoms with Crippen LogP contribution in [0.25, 0.3) is 16.2 Å². The lowest BCUT2D eigenvalue weighted by Crippen LogP contribution is -2.38. The monoisotopic (exact) mass is 431 g/mol. The van der Waals surface area contributed by atoms with Gasteiger partial charge in [0.2, 0.25) is 5.91 Å². The fourth-order valence-corrected chi connectivity index (χ4v) is 4.78. The maximum atomic E-state index is 12.6. The number of hydrogen-bond donors (Lipinski definition) is 0. The van der Waals surface area contributed by atoms with Gasteiger partial charge in [-0.2, -0.15) is 0 Å². The summed E-state index contributed by atoms with van der Waals surface area (Å²) in [6, 6.07) is 7.74.